The van der Waals surface area contributed by atoms with Crippen LogP contribution in [0.2, 0.25) is 0 Å². The summed E-state index contributed by atoms with van der Waals surface area (Å²) >= 11 is 0. The zero-order valence-corrected chi connectivity index (χ0v) is 18.0. The Labute approximate surface area is 173 Å². The van der Waals surface area contributed by atoms with E-state index >= 15 is 0 Å². The molecule has 6 nitrogen and oxygen atoms in total. The largest absolute Gasteiger partial charge is 0.462 e. The Morgan fingerprint density at radius 3 is 1.72 bits per heavy atom. The number of carbonyl (C=O) groups is 3. The number of rotatable bonds is 14. The minimum Gasteiger partial charge on any atom is -0.462 e. The zero-order chi connectivity index (χ0) is 21.5. The highest BCUT2D eigenvalue weighted by atomic mass is 16.5. The van der Waals surface area contributed by atoms with Crippen molar-refractivity contribution < 1.29 is 28.6 Å². The number of esters is 3. The summed E-state index contributed by atoms with van der Waals surface area (Å²) in [6.45, 7) is 6.96. The van der Waals surface area contributed by atoms with Gasteiger partial charge in [0.15, 0.2) is 0 Å². The van der Waals surface area contributed by atoms with Gasteiger partial charge in [0.1, 0.15) is 0 Å². The van der Waals surface area contributed by atoms with Crippen LogP contribution >= 0.6 is 0 Å². The Morgan fingerprint density at radius 2 is 1.14 bits per heavy atom. The molecule has 162 valence electrons. The van der Waals surface area contributed by atoms with Crippen molar-refractivity contribution in [3.8, 4) is 0 Å². The van der Waals surface area contributed by atoms with Crippen LogP contribution in [0, 0.1) is 0 Å². The van der Waals surface area contributed by atoms with Crippen molar-refractivity contribution in [3.63, 3.8) is 0 Å². The first-order valence-electron chi connectivity index (χ1n) is 10.7. The van der Waals surface area contributed by atoms with Gasteiger partial charge in [0.25, 0.3) is 0 Å². The second-order valence-electron chi connectivity index (χ2n) is 6.94. The molecule has 0 unspecified atom stereocenters. The first-order chi connectivity index (χ1) is 14.0. The molecule has 0 aliphatic rings. The van der Waals surface area contributed by atoms with Crippen LogP contribution in [0.4, 0.5) is 0 Å². The number of benzene rings is 1. The third kappa shape index (κ3) is 9.11. The van der Waals surface area contributed by atoms with Crippen molar-refractivity contribution in [2.45, 2.75) is 72.1 Å². The summed E-state index contributed by atoms with van der Waals surface area (Å²) in [4.78, 5) is 37.2. The van der Waals surface area contributed by atoms with E-state index in [4.69, 9.17) is 14.2 Å². The average molecular weight is 407 g/mol. The molecular formula is C23H34O6. The van der Waals surface area contributed by atoms with Crippen LogP contribution in [0.5, 0.6) is 0 Å². The minimum absolute atomic E-state index is 0.0342. The van der Waals surface area contributed by atoms with Gasteiger partial charge in [-0.15, -0.1) is 0 Å². The fourth-order valence-corrected chi connectivity index (χ4v) is 2.57. The molecule has 0 amide bonds. The Bertz CT molecular complexity index is 653. The number of hydrogen-bond acceptors (Lipinski definition) is 6. The maximum absolute atomic E-state index is 12.6. The van der Waals surface area contributed by atoms with Gasteiger partial charge in [0.05, 0.1) is 36.5 Å². The molecule has 0 aliphatic heterocycles. The SMILES string of the molecule is CCCCCCOC(=O)c1cc(C(=O)OCCCC)ccc1C(=O)OCCCC. The van der Waals surface area contributed by atoms with Gasteiger partial charge in [0.2, 0.25) is 0 Å². The number of ether oxygens (including phenoxy) is 3. The van der Waals surface area contributed by atoms with Crippen LogP contribution in [-0.4, -0.2) is 37.7 Å². The van der Waals surface area contributed by atoms with E-state index in [1.54, 1.807) is 0 Å². The predicted molar refractivity (Wildman–Crippen MR) is 111 cm³/mol. The van der Waals surface area contributed by atoms with E-state index < -0.39 is 17.9 Å². The summed E-state index contributed by atoms with van der Waals surface area (Å²) in [7, 11) is 0. The summed E-state index contributed by atoms with van der Waals surface area (Å²) in [5, 5.41) is 0. The van der Waals surface area contributed by atoms with Crippen LogP contribution in [-0.2, 0) is 14.2 Å². The number of carbonyl (C=O) groups excluding carboxylic acids is 3. The Morgan fingerprint density at radius 1 is 0.621 bits per heavy atom. The van der Waals surface area contributed by atoms with Crippen LogP contribution < -0.4 is 0 Å². The second-order valence-corrected chi connectivity index (χ2v) is 6.94. The van der Waals surface area contributed by atoms with Gasteiger partial charge >= 0.3 is 17.9 Å². The highest BCUT2D eigenvalue weighted by molar-refractivity contribution is 6.05. The lowest BCUT2D eigenvalue weighted by Gasteiger charge is -2.12. The molecule has 1 aromatic rings. The van der Waals surface area contributed by atoms with E-state index in [9.17, 15) is 14.4 Å². The molecule has 29 heavy (non-hydrogen) atoms. The van der Waals surface area contributed by atoms with Gasteiger partial charge in [-0.05, 0) is 37.5 Å². The molecular weight excluding hydrogens is 372 g/mol. The molecule has 0 spiro atoms. The standard InChI is InChI=1S/C23H34O6/c1-4-7-10-11-16-29-23(26)20-17-18(21(24)27-14-8-5-2)12-13-19(20)22(25)28-15-9-6-3/h12-13,17H,4-11,14-16H2,1-3H3. The molecule has 0 radical (unpaired) electrons. The predicted octanol–water partition coefficient (Wildman–Crippen LogP) is 5.34. The van der Waals surface area contributed by atoms with Crippen molar-refractivity contribution in [2.24, 2.45) is 0 Å². The number of hydrogen-bond donors (Lipinski definition) is 0. The van der Waals surface area contributed by atoms with E-state index in [0.717, 1.165) is 51.4 Å². The van der Waals surface area contributed by atoms with Crippen LogP contribution in [0.15, 0.2) is 18.2 Å². The lowest BCUT2D eigenvalue weighted by molar-refractivity contribution is 0.0449. The zero-order valence-electron chi connectivity index (χ0n) is 18.0. The van der Waals surface area contributed by atoms with Gasteiger partial charge in [-0.3, -0.25) is 0 Å². The monoisotopic (exact) mass is 406 g/mol. The molecule has 0 atom stereocenters. The van der Waals surface area contributed by atoms with Gasteiger partial charge in [-0.1, -0.05) is 52.9 Å². The quantitative estimate of drug-likeness (QED) is 0.236. The van der Waals surface area contributed by atoms with Gasteiger partial charge < -0.3 is 14.2 Å². The van der Waals surface area contributed by atoms with Crippen molar-refractivity contribution in [3.05, 3.63) is 34.9 Å². The van der Waals surface area contributed by atoms with Crippen molar-refractivity contribution in [1.82, 2.24) is 0 Å². The molecule has 0 saturated heterocycles. The molecule has 0 N–H and O–H groups in total. The summed E-state index contributed by atoms with van der Waals surface area (Å²) in [5.41, 5.74) is 0.348. The minimum atomic E-state index is -0.632. The second kappa shape index (κ2) is 14.6. The smallest absolute Gasteiger partial charge is 0.339 e. The average Bonchev–Trinajstić information content (AvgIpc) is 2.73. The molecule has 0 heterocycles. The Hall–Kier alpha value is -2.37. The molecule has 6 heteroatoms. The molecule has 1 aromatic carbocycles. The molecule has 0 aliphatic carbocycles. The highest BCUT2D eigenvalue weighted by Gasteiger charge is 2.22. The topological polar surface area (TPSA) is 78.9 Å². The Balaban J connectivity index is 2.94. The summed E-state index contributed by atoms with van der Waals surface area (Å²) in [5.74, 6) is -1.75. The lowest BCUT2D eigenvalue weighted by Crippen LogP contribution is -2.17. The van der Waals surface area contributed by atoms with Crippen molar-refractivity contribution >= 4 is 17.9 Å². The molecule has 0 saturated carbocycles. The van der Waals surface area contributed by atoms with Gasteiger partial charge in [-0.25, -0.2) is 14.4 Å². The molecule has 1 rings (SSSR count). The molecule has 0 fully saturated rings. The highest BCUT2D eigenvalue weighted by Crippen LogP contribution is 2.17. The van der Waals surface area contributed by atoms with Crippen LogP contribution in [0.3, 0.4) is 0 Å². The molecule has 0 aromatic heterocycles. The first-order valence-corrected chi connectivity index (χ1v) is 10.7. The van der Waals surface area contributed by atoms with Gasteiger partial charge in [-0.2, -0.15) is 0 Å². The summed E-state index contributed by atoms with van der Waals surface area (Å²) < 4.78 is 15.8. The van der Waals surface area contributed by atoms with E-state index in [0.29, 0.717) is 6.61 Å². The van der Waals surface area contributed by atoms with Crippen LogP contribution in [0.1, 0.15) is 103 Å². The lowest BCUT2D eigenvalue weighted by atomic mass is 10.0. The molecule has 0 bridgehead atoms. The summed E-state index contributed by atoms with van der Waals surface area (Å²) in [6.07, 6.45) is 7.20. The number of unbranched alkanes of at least 4 members (excludes halogenated alkanes) is 5. The Kier molecular flexibility index (Phi) is 12.4. The normalized spacial score (nSPS) is 10.4. The van der Waals surface area contributed by atoms with Gasteiger partial charge in [0, 0.05) is 0 Å². The first kappa shape index (κ1) is 24.7. The van der Waals surface area contributed by atoms with E-state index in [1.165, 1.54) is 18.2 Å². The maximum Gasteiger partial charge on any atom is 0.339 e. The fourth-order valence-electron chi connectivity index (χ4n) is 2.57. The van der Waals surface area contributed by atoms with Crippen molar-refractivity contribution in [1.29, 1.82) is 0 Å². The summed E-state index contributed by atoms with van der Waals surface area (Å²) in [6, 6.07) is 4.26. The van der Waals surface area contributed by atoms with E-state index in [2.05, 4.69) is 6.92 Å². The van der Waals surface area contributed by atoms with E-state index in [-0.39, 0.29) is 29.9 Å². The van der Waals surface area contributed by atoms with Crippen LogP contribution in [0.25, 0.3) is 0 Å². The third-order valence-corrected chi connectivity index (χ3v) is 4.39. The van der Waals surface area contributed by atoms with E-state index in [1.807, 2.05) is 13.8 Å². The fraction of sp³-hybridized carbons (Fsp3) is 0.609. The third-order valence-electron chi connectivity index (χ3n) is 4.39. The maximum atomic E-state index is 12.6. The van der Waals surface area contributed by atoms with Crippen molar-refractivity contribution in [2.75, 3.05) is 19.8 Å².